The predicted molar refractivity (Wildman–Crippen MR) is 87.1 cm³/mol. The highest BCUT2D eigenvalue weighted by atomic mass is 16.5. The van der Waals surface area contributed by atoms with E-state index in [1.54, 1.807) is 18.6 Å². The molecule has 3 rings (SSSR count). The molecule has 2 aliphatic rings. The Kier molecular flexibility index (Phi) is 5.74. The van der Waals surface area contributed by atoms with E-state index in [9.17, 15) is 9.59 Å². The van der Waals surface area contributed by atoms with Crippen LogP contribution in [0.2, 0.25) is 0 Å². The summed E-state index contributed by atoms with van der Waals surface area (Å²) < 4.78 is 5.30. The molecule has 3 heterocycles. The van der Waals surface area contributed by atoms with Gasteiger partial charge in [-0.1, -0.05) is 0 Å². The summed E-state index contributed by atoms with van der Waals surface area (Å²) in [5, 5.41) is 0. The summed E-state index contributed by atoms with van der Waals surface area (Å²) >= 11 is 0. The number of amides is 2. The zero-order valence-corrected chi connectivity index (χ0v) is 13.9. The first-order valence-electron chi connectivity index (χ1n) is 8.63. The molecule has 1 atom stereocenters. The second-order valence-corrected chi connectivity index (χ2v) is 6.31. The normalized spacial score (nSPS) is 21.6. The van der Waals surface area contributed by atoms with Crippen LogP contribution in [-0.4, -0.2) is 71.0 Å². The average molecular weight is 332 g/mol. The highest BCUT2D eigenvalue weighted by molar-refractivity contribution is 5.81. The lowest BCUT2D eigenvalue weighted by atomic mass is 9.96. The van der Waals surface area contributed by atoms with E-state index < -0.39 is 0 Å². The number of morpholine rings is 1. The Hall–Kier alpha value is -2.02. The first-order valence-corrected chi connectivity index (χ1v) is 8.63. The fraction of sp³-hybridized carbons (Fsp3) is 0.647. The van der Waals surface area contributed by atoms with Crippen molar-refractivity contribution in [1.29, 1.82) is 0 Å². The number of hydrogen-bond acceptors (Lipinski definition) is 5. The molecule has 0 radical (unpaired) electrons. The van der Waals surface area contributed by atoms with Crippen molar-refractivity contribution in [3.05, 3.63) is 24.3 Å². The molecular formula is C17H24N4O3. The maximum absolute atomic E-state index is 12.6. The molecule has 0 N–H and O–H groups in total. The standard InChI is InChI=1S/C17H24N4O3/c22-16(4-3-15-12-18-5-6-19-15)21-7-1-2-14(13-21)17(23)20-8-10-24-11-9-20/h5-6,12,14H,1-4,7-11,13H2/t14-/m1/s1. The van der Waals surface area contributed by atoms with E-state index in [1.165, 1.54) is 0 Å². The van der Waals surface area contributed by atoms with Gasteiger partial charge in [-0.25, -0.2) is 0 Å². The van der Waals surface area contributed by atoms with Crippen LogP contribution >= 0.6 is 0 Å². The lowest BCUT2D eigenvalue weighted by Crippen LogP contribution is -2.49. The summed E-state index contributed by atoms with van der Waals surface area (Å²) in [5.74, 6) is 0.196. The number of piperidine rings is 1. The van der Waals surface area contributed by atoms with Gasteiger partial charge in [-0.3, -0.25) is 19.6 Å². The SMILES string of the molecule is O=C(CCc1cnccn1)N1CCC[C@@H](C(=O)N2CCOCC2)C1. The van der Waals surface area contributed by atoms with Crippen LogP contribution in [0, 0.1) is 5.92 Å². The maximum Gasteiger partial charge on any atom is 0.227 e. The van der Waals surface area contributed by atoms with Gasteiger partial charge in [-0.2, -0.15) is 0 Å². The van der Waals surface area contributed by atoms with E-state index in [0.29, 0.717) is 45.7 Å². The molecule has 2 saturated heterocycles. The van der Waals surface area contributed by atoms with Crippen LogP contribution in [0.15, 0.2) is 18.6 Å². The third-order valence-corrected chi connectivity index (χ3v) is 4.66. The molecule has 7 heteroatoms. The van der Waals surface area contributed by atoms with Crippen LogP contribution < -0.4 is 0 Å². The first kappa shape index (κ1) is 16.8. The van der Waals surface area contributed by atoms with Gasteiger partial charge < -0.3 is 14.5 Å². The van der Waals surface area contributed by atoms with Gasteiger partial charge in [0.25, 0.3) is 0 Å². The molecular weight excluding hydrogens is 308 g/mol. The van der Waals surface area contributed by atoms with Gasteiger partial charge in [0.2, 0.25) is 11.8 Å². The van der Waals surface area contributed by atoms with Crippen molar-refractivity contribution in [3.8, 4) is 0 Å². The smallest absolute Gasteiger partial charge is 0.227 e. The predicted octanol–water partition coefficient (Wildman–Crippen LogP) is 0.507. The number of ether oxygens (including phenoxy) is 1. The Morgan fingerprint density at radius 3 is 2.75 bits per heavy atom. The number of carbonyl (C=O) groups excluding carboxylic acids is 2. The topological polar surface area (TPSA) is 75.6 Å². The van der Waals surface area contributed by atoms with E-state index >= 15 is 0 Å². The molecule has 7 nitrogen and oxygen atoms in total. The van der Waals surface area contributed by atoms with Gasteiger partial charge in [0.1, 0.15) is 0 Å². The molecule has 130 valence electrons. The molecule has 0 spiro atoms. The fourth-order valence-electron chi connectivity index (χ4n) is 3.30. The highest BCUT2D eigenvalue weighted by Gasteiger charge is 2.31. The van der Waals surface area contributed by atoms with Gasteiger partial charge >= 0.3 is 0 Å². The lowest BCUT2D eigenvalue weighted by Gasteiger charge is -2.36. The van der Waals surface area contributed by atoms with Crippen LogP contribution in [0.4, 0.5) is 0 Å². The van der Waals surface area contributed by atoms with Crippen LogP contribution in [0.5, 0.6) is 0 Å². The summed E-state index contributed by atoms with van der Waals surface area (Å²) in [7, 11) is 0. The lowest BCUT2D eigenvalue weighted by molar-refractivity contribution is -0.144. The molecule has 24 heavy (non-hydrogen) atoms. The average Bonchev–Trinajstić information content (AvgIpc) is 2.67. The summed E-state index contributed by atoms with van der Waals surface area (Å²) in [6, 6.07) is 0. The Morgan fingerprint density at radius 2 is 2.00 bits per heavy atom. The molecule has 2 fully saturated rings. The number of likely N-dealkylation sites (tertiary alicyclic amines) is 1. The molecule has 0 aromatic carbocycles. The van der Waals surface area contributed by atoms with E-state index in [2.05, 4.69) is 9.97 Å². The quantitative estimate of drug-likeness (QED) is 0.803. The van der Waals surface area contributed by atoms with E-state index in [0.717, 1.165) is 25.1 Å². The Labute approximate surface area is 142 Å². The van der Waals surface area contributed by atoms with Crippen molar-refractivity contribution in [1.82, 2.24) is 19.8 Å². The Bertz CT molecular complexity index is 560. The van der Waals surface area contributed by atoms with Gasteiger partial charge in [0, 0.05) is 51.2 Å². The summed E-state index contributed by atoms with van der Waals surface area (Å²) in [5.41, 5.74) is 0.823. The third kappa shape index (κ3) is 4.29. The summed E-state index contributed by atoms with van der Waals surface area (Å²) in [6.45, 7) is 3.83. The van der Waals surface area contributed by atoms with Crippen molar-refractivity contribution in [2.24, 2.45) is 5.92 Å². The van der Waals surface area contributed by atoms with Crippen molar-refractivity contribution < 1.29 is 14.3 Å². The van der Waals surface area contributed by atoms with Gasteiger partial charge in [0.05, 0.1) is 24.8 Å². The zero-order valence-electron chi connectivity index (χ0n) is 13.9. The maximum atomic E-state index is 12.6. The van der Waals surface area contributed by atoms with Gasteiger partial charge in [-0.15, -0.1) is 0 Å². The minimum absolute atomic E-state index is 0.0719. The largest absolute Gasteiger partial charge is 0.378 e. The minimum atomic E-state index is -0.0719. The molecule has 2 aliphatic heterocycles. The second kappa shape index (κ2) is 8.19. The fourth-order valence-corrected chi connectivity index (χ4v) is 3.30. The Morgan fingerprint density at radius 1 is 1.17 bits per heavy atom. The Balaban J connectivity index is 1.50. The number of aromatic nitrogens is 2. The summed E-state index contributed by atoms with van der Waals surface area (Å²) in [6.07, 6.45) is 7.70. The van der Waals surface area contributed by atoms with Crippen LogP contribution in [0.3, 0.4) is 0 Å². The van der Waals surface area contributed by atoms with Crippen LogP contribution in [-0.2, 0) is 20.7 Å². The number of hydrogen-bond donors (Lipinski definition) is 0. The van der Waals surface area contributed by atoms with Crippen molar-refractivity contribution in [2.45, 2.75) is 25.7 Å². The molecule has 2 amide bonds. The third-order valence-electron chi connectivity index (χ3n) is 4.66. The van der Waals surface area contributed by atoms with Crippen molar-refractivity contribution in [3.63, 3.8) is 0 Å². The minimum Gasteiger partial charge on any atom is -0.378 e. The monoisotopic (exact) mass is 332 g/mol. The second-order valence-electron chi connectivity index (χ2n) is 6.31. The number of aryl methyl sites for hydroxylation is 1. The number of rotatable bonds is 4. The van der Waals surface area contributed by atoms with Gasteiger partial charge in [-0.05, 0) is 19.3 Å². The van der Waals surface area contributed by atoms with Gasteiger partial charge in [0.15, 0.2) is 0 Å². The van der Waals surface area contributed by atoms with E-state index in [1.807, 2.05) is 9.80 Å². The van der Waals surface area contributed by atoms with Crippen LogP contribution in [0.25, 0.3) is 0 Å². The molecule has 0 bridgehead atoms. The van der Waals surface area contributed by atoms with Crippen molar-refractivity contribution in [2.75, 3.05) is 39.4 Å². The zero-order chi connectivity index (χ0) is 16.8. The molecule has 1 aromatic rings. The molecule has 0 saturated carbocycles. The number of nitrogens with zero attached hydrogens (tertiary/aromatic N) is 4. The summed E-state index contributed by atoms with van der Waals surface area (Å²) in [4.78, 5) is 37.0. The van der Waals surface area contributed by atoms with E-state index in [4.69, 9.17) is 4.74 Å². The number of carbonyl (C=O) groups is 2. The van der Waals surface area contributed by atoms with E-state index in [-0.39, 0.29) is 17.7 Å². The first-order chi connectivity index (χ1) is 11.7. The van der Waals surface area contributed by atoms with Crippen LogP contribution in [0.1, 0.15) is 25.0 Å². The van der Waals surface area contributed by atoms with Crippen molar-refractivity contribution >= 4 is 11.8 Å². The highest BCUT2D eigenvalue weighted by Crippen LogP contribution is 2.20. The molecule has 0 unspecified atom stereocenters. The molecule has 0 aliphatic carbocycles. The molecule has 1 aromatic heterocycles.